The van der Waals surface area contributed by atoms with Crippen LogP contribution in [0, 0.1) is 5.92 Å². The van der Waals surface area contributed by atoms with Crippen LogP contribution in [0.2, 0.25) is 0 Å². The molecule has 0 saturated carbocycles. The van der Waals surface area contributed by atoms with Gasteiger partial charge in [-0.3, -0.25) is 0 Å². The molecule has 1 fully saturated rings. The highest BCUT2D eigenvalue weighted by Crippen LogP contribution is 2.26. The molecule has 0 aliphatic carbocycles. The van der Waals surface area contributed by atoms with Crippen molar-refractivity contribution in [2.45, 2.75) is 19.0 Å². The summed E-state index contributed by atoms with van der Waals surface area (Å²) in [5.74, 6) is -1.36. The molecule has 0 spiro atoms. The zero-order valence-electron chi connectivity index (χ0n) is 7.48. The van der Waals surface area contributed by atoms with Crippen LogP contribution in [0.4, 0.5) is 13.2 Å². The van der Waals surface area contributed by atoms with Crippen molar-refractivity contribution < 1.29 is 13.2 Å². The quantitative estimate of drug-likeness (QED) is 0.735. The van der Waals surface area contributed by atoms with E-state index in [4.69, 9.17) is 5.73 Å². The van der Waals surface area contributed by atoms with E-state index in [1.165, 1.54) is 0 Å². The molecule has 0 aromatic heterocycles. The summed E-state index contributed by atoms with van der Waals surface area (Å²) in [4.78, 5) is 1.84. The van der Waals surface area contributed by atoms with Crippen LogP contribution in [0.25, 0.3) is 0 Å². The van der Waals surface area contributed by atoms with E-state index in [1.807, 2.05) is 4.90 Å². The van der Waals surface area contributed by atoms with Gasteiger partial charge in [0.05, 0.1) is 5.92 Å². The largest absolute Gasteiger partial charge is 0.394 e. The summed E-state index contributed by atoms with van der Waals surface area (Å²) in [5, 5.41) is 0. The Labute approximate surface area is 75.9 Å². The second-order valence-electron chi connectivity index (χ2n) is 3.48. The van der Waals surface area contributed by atoms with Crippen molar-refractivity contribution in [2.24, 2.45) is 11.7 Å². The lowest BCUT2D eigenvalue weighted by Gasteiger charge is -2.24. The van der Waals surface area contributed by atoms with Gasteiger partial charge in [0, 0.05) is 13.1 Å². The number of nitrogens with two attached hydrogens (primary N) is 1. The summed E-state index contributed by atoms with van der Waals surface area (Å²) in [5.41, 5.74) is 5.09. The zero-order valence-corrected chi connectivity index (χ0v) is 7.48. The van der Waals surface area contributed by atoms with Crippen LogP contribution in [-0.4, -0.2) is 37.3 Å². The Bertz CT molecular complexity index is 152. The lowest BCUT2D eigenvalue weighted by molar-refractivity contribution is -0.175. The molecule has 1 unspecified atom stereocenters. The number of likely N-dealkylation sites (tertiary alicyclic amines) is 1. The first-order valence-corrected chi connectivity index (χ1v) is 4.53. The standard InChI is InChI=1S/C8H15F3N2/c9-8(10,11)7(5-12)6-13-3-1-2-4-13/h7H,1-6,12H2. The number of halogens is 3. The summed E-state index contributed by atoms with van der Waals surface area (Å²) in [6, 6.07) is 0. The molecule has 2 N–H and O–H groups in total. The van der Waals surface area contributed by atoms with Crippen LogP contribution in [0.5, 0.6) is 0 Å². The van der Waals surface area contributed by atoms with E-state index < -0.39 is 12.1 Å². The van der Waals surface area contributed by atoms with Crippen molar-refractivity contribution >= 4 is 0 Å². The molecule has 0 aromatic rings. The summed E-state index contributed by atoms with van der Waals surface area (Å²) in [7, 11) is 0. The van der Waals surface area contributed by atoms with E-state index in [0.29, 0.717) is 0 Å². The maximum atomic E-state index is 12.3. The lowest BCUT2D eigenvalue weighted by Crippen LogP contribution is -2.39. The van der Waals surface area contributed by atoms with Crippen LogP contribution >= 0.6 is 0 Å². The number of hydrogen-bond acceptors (Lipinski definition) is 2. The normalized spacial score (nSPS) is 22.2. The van der Waals surface area contributed by atoms with Gasteiger partial charge in [0.1, 0.15) is 0 Å². The van der Waals surface area contributed by atoms with Crippen LogP contribution in [-0.2, 0) is 0 Å². The third-order valence-corrected chi connectivity index (χ3v) is 2.42. The van der Waals surface area contributed by atoms with E-state index in [-0.39, 0.29) is 13.1 Å². The average Bonchev–Trinajstić information content (AvgIpc) is 2.49. The van der Waals surface area contributed by atoms with Gasteiger partial charge in [0.2, 0.25) is 0 Å². The summed E-state index contributed by atoms with van der Waals surface area (Å²) >= 11 is 0. The minimum Gasteiger partial charge on any atom is -0.330 e. The molecule has 1 saturated heterocycles. The third kappa shape index (κ3) is 3.15. The van der Waals surface area contributed by atoms with E-state index in [0.717, 1.165) is 25.9 Å². The fourth-order valence-corrected chi connectivity index (χ4v) is 1.59. The van der Waals surface area contributed by atoms with Gasteiger partial charge in [-0.25, -0.2) is 0 Å². The van der Waals surface area contributed by atoms with Crippen LogP contribution in [0.1, 0.15) is 12.8 Å². The smallest absolute Gasteiger partial charge is 0.330 e. The van der Waals surface area contributed by atoms with Gasteiger partial charge in [-0.15, -0.1) is 0 Å². The average molecular weight is 196 g/mol. The third-order valence-electron chi connectivity index (χ3n) is 2.42. The Hall–Kier alpha value is -0.290. The Morgan fingerprint density at radius 3 is 2.15 bits per heavy atom. The van der Waals surface area contributed by atoms with Crippen molar-refractivity contribution in [1.82, 2.24) is 4.90 Å². The molecular formula is C8H15F3N2. The summed E-state index contributed by atoms with van der Waals surface area (Å²) < 4.78 is 36.8. The molecule has 5 heteroatoms. The van der Waals surface area contributed by atoms with Crippen molar-refractivity contribution in [1.29, 1.82) is 0 Å². The van der Waals surface area contributed by atoms with E-state index in [1.54, 1.807) is 0 Å². The van der Waals surface area contributed by atoms with Gasteiger partial charge >= 0.3 is 6.18 Å². The predicted octanol–water partition coefficient (Wildman–Crippen LogP) is 1.22. The van der Waals surface area contributed by atoms with E-state index in [9.17, 15) is 13.2 Å². The molecule has 1 rings (SSSR count). The molecule has 1 aliphatic heterocycles. The zero-order chi connectivity index (χ0) is 9.90. The van der Waals surface area contributed by atoms with Gasteiger partial charge in [-0.2, -0.15) is 13.2 Å². The Morgan fingerprint density at radius 2 is 1.77 bits per heavy atom. The highest BCUT2D eigenvalue weighted by Gasteiger charge is 2.39. The summed E-state index contributed by atoms with van der Waals surface area (Å²) in [6.45, 7) is 1.33. The van der Waals surface area contributed by atoms with Gasteiger partial charge in [0.15, 0.2) is 0 Å². The summed E-state index contributed by atoms with van der Waals surface area (Å²) in [6.07, 6.45) is -2.12. The molecular weight excluding hydrogens is 181 g/mol. The Kier molecular flexibility index (Phi) is 3.55. The minimum atomic E-state index is -4.14. The van der Waals surface area contributed by atoms with Crippen molar-refractivity contribution in [2.75, 3.05) is 26.2 Å². The molecule has 13 heavy (non-hydrogen) atoms. The fourth-order valence-electron chi connectivity index (χ4n) is 1.59. The molecule has 0 amide bonds. The Morgan fingerprint density at radius 1 is 1.23 bits per heavy atom. The molecule has 2 nitrogen and oxygen atoms in total. The van der Waals surface area contributed by atoms with Crippen LogP contribution < -0.4 is 5.73 Å². The SMILES string of the molecule is NCC(CN1CCCC1)C(F)(F)F. The van der Waals surface area contributed by atoms with Crippen molar-refractivity contribution in [3.8, 4) is 0 Å². The number of nitrogens with zero attached hydrogens (tertiary/aromatic N) is 1. The fraction of sp³-hybridized carbons (Fsp3) is 1.00. The predicted molar refractivity (Wildman–Crippen MR) is 44.3 cm³/mol. The molecule has 0 radical (unpaired) electrons. The molecule has 0 bridgehead atoms. The highest BCUT2D eigenvalue weighted by atomic mass is 19.4. The maximum absolute atomic E-state index is 12.3. The molecule has 0 aromatic carbocycles. The van der Waals surface area contributed by atoms with Crippen LogP contribution in [0.3, 0.4) is 0 Å². The van der Waals surface area contributed by atoms with E-state index >= 15 is 0 Å². The second-order valence-corrected chi connectivity index (χ2v) is 3.48. The number of alkyl halides is 3. The van der Waals surface area contributed by atoms with Crippen molar-refractivity contribution in [3.63, 3.8) is 0 Å². The van der Waals surface area contributed by atoms with Gasteiger partial charge in [-0.05, 0) is 25.9 Å². The van der Waals surface area contributed by atoms with Crippen LogP contribution in [0.15, 0.2) is 0 Å². The molecule has 1 aliphatic rings. The van der Waals surface area contributed by atoms with Gasteiger partial charge in [-0.1, -0.05) is 0 Å². The highest BCUT2D eigenvalue weighted by molar-refractivity contribution is 4.75. The van der Waals surface area contributed by atoms with E-state index in [2.05, 4.69) is 0 Å². The monoisotopic (exact) mass is 196 g/mol. The molecule has 1 heterocycles. The minimum absolute atomic E-state index is 0.0694. The first-order chi connectivity index (χ1) is 6.04. The van der Waals surface area contributed by atoms with Gasteiger partial charge < -0.3 is 10.6 Å². The maximum Gasteiger partial charge on any atom is 0.394 e. The molecule has 1 atom stereocenters. The number of hydrogen-bond donors (Lipinski definition) is 1. The lowest BCUT2D eigenvalue weighted by atomic mass is 10.1. The first kappa shape index (κ1) is 10.8. The van der Waals surface area contributed by atoms with Gasteiger partial charge in [0.25, 0.3) is 0 Å². The first-order valence-electron chi connectivity index (χ1n) is 4.53. The van der Waals surface area contributed by atoms with Crippen molar-refractivity contribution in [3.05, 3.63) is 0 Å². The second kappa shape index (κ2) is 4.28. The Balaban J connectivity index is 2.39. The topological polar surface area (TPSA) is 29.3 Å². The molecule has 78 valence electrons. The number of rotatable bonds is 3.